The maximum absolute atomic E-state index is 12.3. The first kappa shape index (κ1) is 22.5. The molecule has 2 rings (SSSR count). The first-order valence-corrected chi connectivity index (χ1v) is 9.50. The van der Waals surface area contributed by atoms with Gasteiger partial charge in [-0.15, -0.1) is 12.4 Å². The summed E-state index contributed by atoms with van der Waals surface area (Å²) in [5.41, 5.74) is 6.65. The highest BCUT2D eigenvalue weighted by atomic mass is 35.5. The molecule has 1 fully saturated rings. The molecule has 5 nitrogen and oxygen atoms in total. The summed E-state index contributed by atoms with van der Waals surface area (Å²) in [6.45, 7) is 2.12. The molecule has 2 amide bonds. The molecular weight excluding hydrogens is 350 g/mol. The maximum atomic E-state index is 12.3. The Kier molecular flexibility index (Phi) is 11.0. The highest BCUT2D eigenvalue weighted by Gasteiger charge is 2.26. The van der Waals surface area contributed by atoms with E-state index < -0.39 is 0 Å². The number of amides is 2. The lowest BCUT2D eigenvalue weighted by molar-refractivity contribution is -0.130. The molecule has 3 N–H and O–H groups in total. The molecule has 1 atom stereocenters. The van der Waals surface area contributed by atoms with Crippen molar-refractivity contribution >= 4 is 24.2 Å². The van der Waals surface area contributed by atoms with Crippen molar-refractivity contribution in [2.75, 3.05) is 19.6 Å². The van der Waals surface area contributed by atoms with Crippen LogP contribution in [-0.4, -0.2) is 42.4 Å². The molecule has 0 aromatic heterocycles. The van der Waals surface area contributed by atoms with Gasteiger partial charge in [-0.2, -0.15) is 0 Å². The standard InChI is InChI=1S/C20H31N3O2.ClH/c21-14-7-2-1-6-10-19(24)22-18-13-15-23(16-18)20(25)12-11-17-8-4-3-5-9-17;/h3-5,8-9,18H,1-2,6-7,10-16,21H2,(H,22,24);1H. The maximum Gasteiger partial charge on any atom is 0.222 e. The minimum absolute atomic E-state index is 0. The number of carbonyl (C=O) groups excluding carboxylic acids is 2. The van der Waals surface area contributed by atoms with E-state index in [-0.39, 0.29) is 30.3 Å². The number of benzene rings is 1. The fourth-order valence-electron chi connectivity index (χ4n) is 3.24. The molecule has 0 spiro atoms. The van der Waals surface area contributed by atoms with Gasteiger partial charge >= 0.3 is 0 Å². The van der Waals surface area contributed by atoms with E-state index in [9.17, 15) is 9.59 Å². The molecule has 146 valence electrons. The fourth-order valence-corrected chi connectivity index (χ4v) is 3.24. The zero-order chi connectivity index (χ0) is 17.9. The molecule has 0 radical (unpaired) electrons. The van der Waals surface area contributed by atoms with Gasteiger partial charge in [-0.25, -0.2) is 0 Å². The second-order valence-electron chi connectivity index (χ2n) is 6.83. The molecule has 1 aromatic carbocycles. The van der Waals surface area contributed by atoms with Gasteiger partial charge in [0.25, 0.3) is 0 Å². The van der Waals surface area contributed by atoms with Crippen LogP contribution < -0.4 is 11.1 Å². The van der Waals surface area contributed by atoms with Gasteiger partial charge < -0.3 is 16.0 Å². The lowest BCUT2D eigenvalue weighted by Crippen LogP contribution is -2.38. The van der Waals surface area contributed by atoms with Crippen molar-refractivity contribution in [3.8, 4) is 0 Å². The first-order chi connectivity index (χ1) is 12.2. The summed E-state index contributed by atoms with van der Waals surface area (Å²) in [4.78, 5) is 26.2. The van der Waals surface area contributed by atoms with Crippen LogP contribution in [0.1, 0.15) is 50.5 Å². The van der Waals surface area contributed by atoms with Gasteiger partial charge in [0.1, 0.15) is 0 Å². The van der Waals surface area contributed by atoms with E-state index in [0.717, 1.165) is 51.6 Å². The number of hydrogen-bond donors (Lipinski definition) is 2. The number of nitrogens with one attached hydrogen (secondary N) is 1. The van der Waals surface area contributed by atoms with Crippen molar-refractivity contribution in [3.05, 3.63) is 35.9 Å². The number of aryl methyl sites for hydroxylation is 1. The second kappa shape index (κ2) is 12.7. The number of hydrogen-bond acceptors (Lipinski definition) is 3. The smallest absolute Gasteiger partial charge is 0.222 e. The Labute approximate surface area is 163 Å². The quantitative estimate of drug-likeness (QED) is 0.612. The van der Waals surface area contributed by atoms with Gasteiger partial charge in [0.2, 0.25) is 11.8 Å². The Hall–Kier alpha value is -1.59. The summed E-state index contributed by atoms with van der Waals surface area (Å²) < 4.78 is 0. The van der Waals surface area contributed by atoms with Crippen molar-refractivity contribution in [2.45, 2.75) is 57.4 Å². The summed E-state index contributed by atoms with van der Waals surface area (Å²) in [5, 5.41) is 3.07. The molecule has 1 heterocycles. The monoisotopic (exact) mass is 381 g/mol. The Balaban J connectivity index is 0.00000338. The topological polar surface area (TPSA) is 75.4 Å². The van der Waals surface area contributed by atoms with Gasteiger partial charge in [0.15, 0.2) is 0 Å². The van der Waals surface area contributed by atoms with Gasteiger partial charge in [0.05, 0.1) is 0 Å². The Morgan fingerprint density at radius 3 is 2.54 bits per heavy atom. The Bertz CT molecular complexity index is 539. The Morgan fingerprint density at radius 2 is 1.81 bits per heavy atom. The summed E-state index contributed by atoms with van der Waals surface area (Å²) in [7, 11) is 0. The predicted octanol–water partition coefficient (Wildman–Crippen LogP) is 2.67. The molecule has 0 bridgehead atoms. The van der Waals surface area contributed by atoms with Crippen molar-refractivity contribution < 1.29 is 9.59 Å². The average molecular weight is 382 g/mol. The van der Waals surface area contributed by atoms with Crippen molar-refractivity contribution in [1.29, 1.82) is 0 Å². The Morgan fingerprint density at radius 1 is 1.08 bits per heavy atom. The third-order valence-corrected chi connectivity index (χ3v) is 4.73. The van der Waals surface area contributed by atoms with E-state index >= 15 is 0 Å². The first-order valence-electron chi connectivity index (χ1n) is 9.50. The average Bonchev–Trinajstić information content (AvgIpc) is 3.09. The second-order valence-corrected chi connectivity index (χ2v) is 6.83. The van der Waals surface area contributed by atoms with Crippen LogP contribution in [0.25, 0.3) is 0 Å². The minimum atomic E-state index is 0. The normalized spacial score (nSPS) is 16.2. The SMILES string of the molecule is Cl.NCCCCCCC(=O)NC1CCN(C(=O)CCc2ccccc2)C1. The lowest BCUT2D eigenvalue weighted by atomic mass is 10.1. The van der Waals surface area contributed by atoms with Crippen LogP contribution in [0.15, 0.2) is 30.3 Å². The lowest BCUT2D eigenvalue weighted by Gasteiger charge is -2.17. The number of rotatable bonds is 10. The molecule has 1 aliphatic heterocycles. The number of nitrogens with two attached hydrogens (primary N) is 1. The third-order valence-electron chi connectivity index (χ3n) is 4.73. The van der Waals surface area contributed by atoms with Crippen LogP contribution in [0.2, 0.25) is 0 Å². The van der Waals surface area contributed by atoms with Gasteiger partial charge in [0, 0.05) is 32.0 Å². The predicted molar refractivity (Wildman–Crippen MR) is 107 cm³/mol. The fraction of sp³-hybridized carbons (Fsp3) is 0.600. The molecule has 1 aromatic rings. The van der Waals surface area contributed by atoms with Crippen LogP contribution in [-0.2, 0) is 16.0 Å². The van der Waals surface area contributed by atoms with Gasteiger partial charge in [-0.05, 0) is 37.8 Å². The summed E-state index contributed by atoms with van der Waals surface area (Å²) in [6.07, 6.45) is 6.83. The summed E-state index contributed by atoms with van der Waals surface area (Å²) >= 11 is 0. The third kappa shape index (κ3) is 8.19. The summed E-state index contributed by atoms with van der Waals surface area (Å²) in [6, 6.07) is 10.2. The molecule has 0 saturated carbocycles. The van der Waals surface area contributed by atoms with E-state index in [4.69, 9.17) is 5.73 Å². The summed E-state index contributed by atoms with van der Waals surface area (Å²) in [5.74, 6) is 0.290. The van der Waals surface area contributed by atoms with Crippen molar-refractivity contribution in [1.82, 2.24) is 10.2 Å². The number of unbranched alkanes of at least 4 members (excludes halogenated alkanes) is 3. The van der Waals surface area contributed by atoms with E-state index in [0.29, 0.717) is 19.4 Å². The van der Waals surface area contributed by atoms with Crippen LogP contribution in [0.4, 0.5) is 0 Å². The van der Waals surface area contributed by atoms with Crippen LogP contribution in [0, 0.1) is 0 Å². The molecule has 6 heteroatoms. The van der Waals surface area contributed by atoms with Crippen molar-refractivity contribution in [3.63, 3.8) is 0 Å². The number of halogens is 1. The molecule has 1 aliphatic rings. The van der Waals surface area contributed by atoms with Crippen LogP contribution in [0.5, 0.6) is 0 Å². The molecular formula is C20H32ClN3O2. The molecule has 26 heavy (non-hydrogen) atoms. The largest absolute Gasteiger partial charge is 0.352 e. The van der Waals surface area contributed by atoms with E-state index in [1.54, 1.807) is 0 Å². The molecule has 0 aliphatic carbocycles. The highest BCUT2D eigenvalue weighted by Crippen LogP contribution is 2.13. The number of likely N-dealkylation sites (tertiary alicyclic amines) is 1. The van der Waals surface area contributed by atoms with Crippen LogP contribution in [0.3, 0.4) is 0 Å². The molecule has 1 unspecified atom stereocenters. The van der Waals surface area contributed by atoms with E-state index in [2.05, 4.69) is 5.32 Å². The van der Waals surface area contributed by atoms with Crippen LogP contribution >= 0.6 is 12.4 Å². The highest BCUT2D eigenvalue weighted by molar-refractivity contribution is 5.85. The van der Waals surface area contributed by atoms with Gasteiger partial charge in [-0.1, -0.05) is 43.2 Å². The minimum Gasteiger partial charge on any atom is -0.352 e. The van der Waals surface area contributed by atoms with Crippen molar-refractivity contribution in [2.24, 2.45) is 5.73 Å². The number of nitrogens with zero attached hydrogens (tertiary/aromatic N) is 1. The number of carbonyl (C=O) groups is 2. The van der Waals surface area contributed by atoms with Gasteiger partial charge in [-0.3, -0.25) is 9.59 Å². The van der Waals surface area contributed by atoms with E-state index in [1.807, 2.05) is 35.2 Å². The zero-order valence-corrected chi connectivity index (χ0v) is 16.3. The zero-order valence-electron chi connectivity index (χ0n) is 15.5. The molecule has 1 saturated heterocycles. The van der Waals surface area contributed by atoms with E-state index in [1.165, 1.54) is 5.56 Å².